The third-order valence-electron chi connectivity index (χ3n) is 0. The van der Waals surface area contributed by atoms with E-state index in [9.17, 15) is 0 Å². The number of rotatable bonds is 0. The van der Waals surface area contributed by atoms with E-state index in [2.05, 4.69) is 27.7 Å². The molecule has 0 nitrogen and oxygen atoms in total. The van der Waals surface area contributed by atoms with Gasteiger partial charge >= 0.3 is 0 Å². The van der Waals surface area contributed by atoms with Gasteiger partial charge in [-0.15, -0.1) is 0 Å². The van der Waals surface area contributed by atoms with Crippen molar-refractivity contribution in [3.63, 3.8) is 0 Å². The maximum atomic E-state index is 3.77. The molecule has 0 saturated carbocycles. The summed E-state index contributed by atoms with van der Waals surface area (Å²) in [4.78, 5) is 0. The Kier molecular flexibility index (Phi) is 4.30. The van der Waals surface area contributed by atoms with Crippen LogP contribution in [0.4, 0.5) is 0 Å². The Balaban J connectivity index is 0. The second-order valence-electron chi connectivity index (χ2n) is 2.56. The molecule has 0 rings (SSSR count). The van der Waals surface area contributed by atoms with Crippen molar-refractivity contribution in [2.45, 2.75) is 20.8 Å². The van der Waals surface area contributed by atoms with Crippen LogP contribution in [0.25, 0.3) is 0 Å². The molecule has 0 aromatic rings. The molecule has 0 atom stereocenters. The molecule has 0 unspecified atom stereocenters. The summed E-state index contributed by atoms with van der Waals surface area (Å²) in [7, 11) is 0. The van der Waals surface area contributed by atoms with Crippen LogP contribution in [0.5, 0.6) is 0 Å². The molecule has 0 aliphatic heterocycles. The van der Waals surface area contributed by atoms with Gasteiger partial charge in [-0.3, -0.25) is 0 Å². The molecule has 0 heterocycles. The molecule has 0 bridgehead atoms. The molecule has 0 spiro atoms. The van der Waals surface area contributed by atoms with Crippen molar-refractivity contribution in [1.82, 2.24) is 0 Å². The van der Waals surface area contributed by atoms with Crippen LogP contribution in [-0.2, 0) is 17.1 Å². The Bertz CT molecular complexity index is 19.4. The van der Waals surface area contributed by atoms with Gasteiger partial charge in [-0.1, -0.05) is 20.8 Å². The van der Waals surface area contributed by atoms with E-state index < -0.39 is 0 Å². The molecular formula is C5H11Mn-. The summed E-state index contributed by atoms with van der Waals surface area (Å²) in [6.07, 6.45) is 0. The minimum Gasteiger partial charge on any atom is -0.338 e. The van der Waals surface area contributed by atoms with Crippen LogP contribution >= 0.6 is 0 Å². The van der Waals surface area contributed by atoms with Crippen molar-refractivity contribution in [3.05, 3.63) is 6.92 Å². The van der Waals surface area contributed by atoms with Crippen molar-refractivity contribution >= 4 is 0 Å². The molecule has 0 amide bonds. The van der Waals surface area contributed by atoms with E-state index >= 15 is 0 Å². The fourth-order valence-electron chi connectivity index (χ4n) is 0. The van der Waals surface area contributed by atoms with Crippen LogP contribution in [-0.4, -0.2) is 0 Å². The molecule has 0 saturated heterocycles. The first kappa shape index (κ1) is 9.72. The van der Waals surface area contributed by atoms with Crippen LogP contribution < -0.4 is 0 Å². The molecule has 1 heteroatoms. The number of hydrogen-bond donors (Lipinski definition) is 0. The van der Waals surface area contributed by atoms with Crippen molar-refractivity contribution in [3.8, 4) is 0 Å². The summed E-state index contributed by atoms with van der Waals surface area (Å²) < 4.78 is 0. The van der Waals surface area contributed by atoms with Crippen LogP contribution in [0.15, 0.2) is 0 Å². The third kappa shape index (κ3) is 207. The zero-order valence-electron chi connectivity index (χ0n) is 4.59. The molecule has 0 aliphatic rings. The second-order valence-corrected chi connectivity index (χ2v) is 2.56. The smallest absolute Gasteiger partial charge is 0 e. The molecule has 0 N–H and O–H groups in total. The summed E-state index contributed by atoms with van der Waals surface area (Å²) >= 11 is 0. The Labute approximate surface area is 50.8 Å². The van der Waals surface area contributed by atoms with Gasteiger partial charge in [-0.2, -0.15) is 5.41 Å². The summed E-state index contributed by atoms with van der Waals surface area (Å²) in [6.45, 7) is 10.0. The molecule has 39 valence electrons. The molecule has 1 radical (unpaired) electrons. The van der Waals surface area contributed by atoms with E-state index in [1.54, 1.807) is 0 Å². The monoisotopic (exact) mass is 126 g/mol. The van der Waals surface area contributed by atoms with Gasteiger partial charge in [0.25, 0.3) is 0 Å². The quantitative estimate of drug-likeness (QED) is 0.343. The van der Waals surface area contributed by atoms with Gasteiger partial charge in [-0.05, 0) is 0 Å². The van der Waals surface area contributed by atoms with E-state index in [0.717, 1.165) is 0 Å². The van der Waals surface area contributed by atoms with Gasteiger partial charge in [0, 0.05) is 17.1 Å². The summed E-state index contributed by atoms with van der Waals surface area (Å²) in [6, 6.07) is 0. The first-order chi connectivity index (χ1) is 2.00. The number of hydrogen-bond acceptors (Lipinski definition) is 0. The molecular weight excluding hydrogens is 115 g/mol. The topological polar surface area (TPSA) is 0 Å². The van der Waals surface area contributed by atoms with E-state index in [0.29, 0.717) is 0 Å². The normalized spacial score (nSPS) is 10.0. The zero-order chi connectivity index (χ0) is 4.50. The molecule has 0 fully saturated rings. The van der Waals surface area contributed by atoms with Gasteiger partial charge in [-0.25, -0.2) is 0 Å². The fraction of sp³-hybridized carbons (Fsp3) is 0.800. The van der Waals surface area contributed by atoms with Crippen LogP contribution in [0.2, 0.25) is 0 Å². The van der Waals surface area contributed by atoms with Gasteiger partial charge in [0.1, 0.15) is 0 Å². The van der Waals surface area contributed by atoms with Gasteiger partial charge < -0.3 is 6.92 Å². The average molecular weight is 126 g/mol. The van der Waals surface area contributed by atoms with Crippen molar-refractivity contribution < 1.29 is 17.1 Å². The van der Waals surface area contributed by atoms with E-state index in [-0.39, 0.29) is 22.5 Å². The Morgan fingerprint density at radius 3 is 1.17 bits per heavy atom. The summed E-state index contributed by atoms with van der Waals surface area (Å²) in [5.74, 6) is 0. The summed E-state index contributed by atoms with van der Waals surface area (Å²) in [5, 5.41) is 0. The van der Waals surface area contributed by atoms with E-state index in [1.165, 1.54) is 0 Å². The Morgan fingerprint density at radius 1 is 1.17 bits per heavy atom. The SMILES string of the molecule is [CH2-]C(C)(C)C.[Mn]. The maximum absolute atomic E-state index is 3.77. The summed E-state index contributed by atoms with van der Waals surface area (Å²) in [5.41, 5.74) is 0.250. The Hall–Kier alpha value is 0.519. The van der Waals surface area contributed by atoms with Crippen LogP contribution in [0.1, 0.15) is 20.8 Å². The van der Waals surface area contributed by atoms with Crippen molar-refractivity contribution in [2.24, 2.45) is 5.41 Å². The first-order valence-corrected chi connectivity index (χ1v) is 1.85. The predicted octanol–water partition coefficient (Wildman–Crippen LogP) is 1.86. The van der Waals surface area contributed by atoms with Gasteiger partial charge in [0.2, 0.25) is 0 Å². The molecule has 6 heavy (non-hydrogen) atoms. The van der Waals surface area contributed by atoms with Gasteiger partial charge in [0.15, 0.2) is 0 Å². The van der Waals surface area contributed by atoms with E-state index in [4.69, 9.17) is 0 Å². The zero-order valence-corrected chi connectivity index (χ0v) is 5.77. The van der Waals surface area contributed by atoms with Crippen LogP contribution in [0, 0.1) is 12.3 Å². The van der Waals surface area contributed by atoms with Crippen LogP contribution in [0.3, 0.4) is 0 Å². The first-order valence-electron chi connectivity index (χ1n) is 1.85. The molecule has 0 aromatic carbocycles. The second kappa shape index (κ2) is 2.65. The molecule has 0 aliphatic carbocycles. The predicted molar refractivity (Wildman–Crippen MR) is 24.8 cm³/mol. The largest absolute Gasteiger partial charge is 0.338 e. The van der Waals surface area contributed by atoms with Crippen molar-refractivity contribution in [2.75, 3.05) is 0 Å². The third-order valence-corrected chi connectivity index (χ3v) is 0. The van der Waals surface area contributed by atoms with Gasteiger partial charge in [0.05, 0.1) is 0 Å². The maximum Gasteiger partial charge on any atom is 0 e. The average Bonchev–Trinajstić information content (AvgIpc) is 0.722. The molecule has 0 aromatic heterocycles. The van der Waals surface area contributed by atoms with Crippen molar-refractivity contribution in [1.29, 1.82) is 0 Å². The minimum atomic E-state index is 0. The standard InChI is InChI=1S/C5H11.Mn/c1-5(2,3)4;/h1H2,2-4H3;/q-1;. The van der Waals surface area contributed by atoms with E-state index in [1.807, 2.05) is 0 Å². The minimum absolute atomic E-state index is 0. The Morgan fingerprint density at radius 2 is 1.17 bits per heavy atom. The fourth-order valence-corrected chi connectivity index (χ4v) is 0.